The number of benzene rings is 1. The summed E-state index contributed by atoms with van der Waals surface area (Å²) in [5.41, 5.74) is 1.87. The third kappa shape index (κ3) is 3.03. The highest BCUT2D eigenvalue weighted by Gasteiger charge is 2.32. The van der Waals surface area contributed by atoms with Crippen LogP contribution in [0.1, 0.15) is 50.6 Å². The molecule has 0 amide bonds. The van der Waals surface area contributed by atoms with Crippen molar-refractivity contribution in [2.45, 2.75) is 45.1 Å². The van der Waals surface area contributed by atoms with E-state index in [1.807, 2.05) is 11.8 Å². The molecule has 0 aromatic heterocycles. The van der Waals surface area contributed by atoms with Gasteiger partial charge in [-0.3, -0.25) is 4.99 Å². The molecule has 1 atom stereocenters. The van der Waals surface area contributed by atoms with E-state index in [2.05, 4.69) is 42.6 Å². The van der Waals surface area contributed by atoms with Crippen LogP contribution in [0.5, 0.6) is 0 Å². The number of amidine groups is 1. The van der Waals surface area contributed by atoms with Crippen LogP contribution in [0.15, 0.2) is 35.3 Å². The van der Waals surface area contributed by atoms with Gasteiger partial charge < -0.3 is 5.32 Å². The van der Waals surface area contributed by atoms with E-state index in [-0.39, 0.29) is 0 Å². The van der Waals surface area contributed by atoms with E-state index in [0.29, 0.717) is 11.5 Å². The Bertz CT molecular complexity index is 463. The molecule has 0 bridgehead atoms. The van der Waals surface area contributed by atoms with E-state index < -0.39 is 0 Å². The summed E-state index contributed by atoms with van der Waals surface area (Å²) in [4.78, 5) is 4.89. The van der Waals surface area contributed by atoms with Crippen molar-refractivity contribution in [3.8, 4) is 0 Å². The molecule has 1 saturated carbocycles. The molecule has 1 heterocycles. The summed E-state index contributed by atoms with van der Waals surface area (Å²) in [7, 11) is 0. The first-order valence-electron chi connectivity index (χ1n) is 7.80. The molecule has 1 unspecified atom stereocenters. The van der Waals surface area contributed by atoms with Crippen molar-refractivity contribution in [1.29, 1.82) is 0 Å². The van der Waals surface area contributed by atoms with Gasteiger partial charge in [-0.1, -0.05) is 61.9 Å². The third-order valence-corrected chi connectivity index (χ3v) is 5.88. The zero-order chi connectivity index (χ0) is 13.8. The summed E-state index contributed by atoms with van der Waals surface area (Å²) >= 11 is 1.88. The van der Waals surface area contributed by atoms with Crippen molar-refractivity contribution in [2.24, 2.45) is 10.4 Å². The lowest BCUT2D eigenvalue weighted by Gasteiger charge is -2.25. The molecule has 3 rings (SSSR count). The summed E-state index contributed by atoms with van der Waals surface area (Å²) in [6.45, 7) is 3.34. The van der Waals surface area contributed by atoms with Crippen molar-refractivity contribution in [3.05, 3.63) is 35.9 Å². The summed E-state index contributed by atoms with van der Waals surface area (Å²) in [6, 6.07) is 11.1. The molecule has 2 nitrogen and oxygen atoms in total. The Hall–Kier alpha value is -0.960. The van der Waals surface area contributed by atoms with Gasteiger partial charge in [0.15, 0.2) is 5.17 Å². The van der Waals surface area contributed by atoms with Crippen LogP contribution in [0.2, 0.25) is 0 Å². The minimum atomic E-state index is 0.432. The van der Waals surface area contributed by atoms with E-state index in [9.17, 15) is 0 Å². The largest absolute Gasteiger partial charge is 0.357 e. The van der Waals surface area contributed by atoms with Crippen molar-refractivity contribution in [2.75, 3.05) is 12.3 Å². The molecule has 1 saturated heterocycles. The Balaban J connectivity index is 1.61. The molecule has 108 valence electrons. The first-order valence-corrected chi connectivity index (χ1v) is 8.79. The monoisotopic (exact) mass is 288 g/mol. The Labute approximate surface area is 126 Å². The molecule has 2 aliphatic rings. The van der Waals surface area contributed by atoms with Crippen LogP contribution in [-0.4, -0.2) is 17.5 Å². The van der Waals surface area contributed by atoms with E-state index in [1.165, 1.54) is 37.7 Å². The van der Waals surface area contributed by atoms with Crippen molar-refractivity contribution in [3.63, 3.8) is 0 Å². The summed E-state index contributed by atoms with van der Waals surface area (Å²) in [6.07, 6.45) is 6.80. The number of hydrogen-bond acceptors (Lipinski definition) is 2. The van der Waals surface area contributed by atoms with Crippen molar-refractivity contribution < 1.29 is 0 Å². The lowest BCUT2D eigenvalue weighted by molar-refractivity contribution is 0.297. The minimum absolute atomic E-state index is 0.432. The zero-order valence-corrected chi connectivity index (χ0v) is 13.1. The van der Waals surface area contributed by atoms with Crippen LogP contribution in [0, 0.1) is 5.41 Å². The average Bonchev–Trinajstić information content (AvgIpc) is 3.16. The maximum atomic E-state index is 4.89. The van der Waals surface area contributed by atoms with E-state index in [1.54, 1.807) is 0 Å². The van der Waals surface area contributed by atoms with Gasteiger partial charge in [0, 0.05) is 12.3 Å². The predicted molar refractivity (Wildman–Crippen MR) is 88.3 cm³/mol. The molecule has 1 aliphatic carbocycles. The van der Waals surface area contributed by atoms with Crippen LogP contribution in [0.4, 0.5) is 0 Å². The Morgan fingerprint density at radius 1 is 1.25 bits per heavy atom. The van der Waals surface area contributed by atoms with Gasteiger partial charge in [0.25, 0.3) is 0 Å². The molecule has 0 radical (unpaired) electrons. The lowest BCUT2D eigenvalue weighted by Crippen LogP contribution is -2.23. The third-order valence-electron chi connectivity index (χ3n) is 4.86. The van der Waals surface area contributed by atoms with Gasteiger partial charge in [0.2, 0.25) is 0 Å². The fourth-order valence-corrected chi connectivity index (χ4v) is 4.32. The molecule has 1 aromatic rings. The highest BCUT2D eigenvalue weighted by molar-refractivity contribution is 8.14. The van der Waals surface area contributed by atoms with Gasteiger partial charge in [-0.05, 0) is 30.2 Å². The number of aliphatic imine (C=N–C) groups is 1. The molecule has 1 aromatic carbocycles. The predicted octanol–water partition coefficient (Wildman–Crippen LogP) is 4.39. The van der Waals surface area contributed by atoms with Crippen LogP contribution < -0.4 is 5.32 Å². The number of hydrogen-bond donors (Lipinski definition) is 1. The molecule has 20 heavy (non-hydrogen) atoms. The van der Waals surface area contributed by atoms with Crippen LogP contribution >= 0.6 is 11.8 Å². The van der Waals surface area contributed by atoms with Gasteiger partial charge in [-0.2, -0.15) is 0 Å². The quantitative estimate of drug-likeness (QED) is 0.888. The Morgan fingerprint density at radius 3 is 2.70 bits per heavy atom. The fraction of sp³-hybridized carbons (Fsp3) is 0.588. The molecular formula is C17H24N2S. The first kappa shape index (κ1) is 14.0. The van der Waals surface area contributed by atoms with Crippen molar-refractivity contribution in [1.82, 2.24) is 5.32 Å². The Morgan fingerprint density at radius 2 is 2.00 bits per heavy atom. The number of thioether (sulfide) groups is 1. The number of nitrogens with zero attached hydrogens (tertiary/aromatic N) is 1. The second kappa shape index (κ2) is 6.21. The fourth-order valence-electron chi connectivity index (χ4n) is 3.34. The topological polar surface area (TPSA) is 24.4 Å². The lowest BCUT2D eigenvalue weighted by atomic mass is 9.84. The second-order valence-corrected chi connectivity index (χ2v) is 7.11. The molecule has 3 heteroatoms. The highest BCUT2D eigenvalue weighted by atomic mass is 32.2. The van der Waals surface area contributed by atoms with Gasteiger partial charge in [0.1, 0.15) is 0 Å². The summed E-state index contributed by atoms with van der Waals surface area (Å²) in [5.74, 6) is 1.10. The van der Waals surface area contributed by atoms with E-state index in [0.717, 1.165) is 17.5 Å². The maximum absolute atomic E-state index is 4.89. The number of nitrogens with one attached hydrogen (secondary N) is 1. The average molecular weight is 288 g/mol. The molecule has 0 spiro atoms. The van der Waals surface area contributed by atoms with Gasteiger partial charge in [0.05, 0.1) is 6.04 Å². The summed E-state index contributed by atoms with van der Waals surface area (Å²) < 4.78 is 0. The second-order valence-electron chi connectivity index (χ2n) is 6.10. The van der Waals surface area contributed by atoms with Crippen molar-refractivity contribution >= 4 is 16.9 Å². The smallest absolute Gasteiger partial charge is 0.157 e. The van der Waals surface area contributed by atoms with Gasteiger partial charge in [-0.25, -0.2) is 0 Å². The number of rotatable bonds is 4. The van der Waals surface area contributed by atoms with Gasteiger partial charge >= 0.3 is 0 Å². The van der Waals surface area contributed by atoms with Crippen LogP contribution in [0.3, 0.4) is 0 Å². The SMILES string of the molecule is CCC1(CN=C2NC(c3ccccc3)CS2)CCCC1. The minimum Gasteiger partial charge on any atom is -0.357 e. The normalized spacial score (nSPS) is 26.9. The Kier molecular flexibility index (Phi) is 4.35. The zero-order valence-electron chi connectivity index (χ0n) is 12.3. The van der Waals surface area contributed by atoms with Gasteiger partial charge in [-0.15, -0.1) is 0 Å². The highest BCUT2D eigenvalue weighted by Crippen LogP contribution is 2.41. The molecule has 2 fully saturated rings. The van der Waals surface area contributed by atoms with Crippen LogP contribution in [-0.2, 0) is 0 Å². The van der Waals surface area contributed by atoms with E-state index >= 15 is 0 Å². The maximum Gasteiger partial charge on any atom is 0.157 e. The molecular weight excluding hydrogens is 264 g/mol. The molecule has 1 N–H and O–H groups in total. The summed E-state index contributed by atoms with van der Waals surface area (Å²) in [5, 5.41) is 4.74. The first-order chi connectivity index (χ1) is 9.81. The standard InChI is InChI=1S/C17H24N2S/c1-2-17(10-6-7-11-17)13-18-16-19-15(12-20-16)14-8-4-3-5-9-14/h3-5,8-9,15H,2,6-7,10-13H2,1H3,(H,18,19). The van der Waals surface area contributed by atoms with E-state index in [4.69, 9.17) is 4.99 Å². The van der Waals surface area contributed by atoms with Crippen LogP contribution in [0.25, 0.3) is 0 Å². The molecule has 1 aliphatic heterocycles.